The Bertz CT molecular complexity index is 2400. The van der Waals surface area contributed by atoms with Crippen molar-refractivity contribution >= 4 is 17.4 Å². The molecule has 10 rings (SSSR count). The van der Waals surface area contributed by atoms with Gasteiger partial charge in [0.1, 0.15) is 17.2 Å². The number of aromatic hydroxyl groups is 1. The second-order valence-corrected chi connectivity index (χ2v) is 19.8. The van der Waals surface area contributed by atoms with Crippen LogP contribution in [0.4, 0.5) is 5.69 Å². The van der Waals surface area contributed by atoms with Crippen LogP contribution in [0.1, 0.15) is 121 Å². The average Bonchev–Trinajstić information content (AvgIpc) is 3.97. The van der Waals surface area contributed by atoms with Crippen molar-refractivity contribution in [1.29, 1.82) is 0 Å². The molecule has 63 heavy (non-hydrogen) atoms. The van der Waals surface area contributed by atoms with E-state index in [-0.39, 0.29) is 28.6 Å². The smallest absolute Gasteiger partial charge is 0.255 e. The molecular weight excluding hydrogens is 787 g/mol. The number of nitrogens with zero attached hydrogens (tertiary/aromatic N) is 3. The highest BCUT2D eigenvalue weighted by Crippen LogP contribution is 2.52. The molecular formula is C54H63N3O6. The lowest BCUT2D eigenvalue weighted by atomic mass is 9.69. The van der Waals surface area contributed by atoms with Gasteiger partial charge in [-0.2, -0.15) is 0 Å². The van der Waals surface area contributed by atoms with Gasteiger partial charge in [-0.1, -0.05) is 54.1 Å². The Morgan fingerprint density at radius 3 is 2.48 bits per heavy atom. The summed E-state index contributed by atoms with van der Waals surface area (Å²) in [7, 11) is 1.79. The quantitative estimate of drug-likeness (QED) is 0.150. The van der Waals surface area contributed by atoms with Gasteiger partial charge in [-0.25, -0.2) is 0 Å². The number of anilines is 1. The van der Waals surface area contributed by atoms with Crippen molar-refractivity contribution in [3.05, 3.63) is 130 Å². The Hall–Kier alpha value is -5.12. The lowest BCUT2D eigenvalue weighted by Gasteiger charge is -2.41. The first-order chi connectivity index (χ1) is 30.5. The number of fused-ring (bicyclic) bond motifs is 5. The van der Waals surface area contributed by atoms with Crippen LogP contribution >= 0.6 is 0 Å². The van der Waals surface area contributed by atoms with Gasteiger partial charge in [-0.3, -0.25) is 9.59 Å². The van der Waals surface area contributed by atoms with Crippen molar-refractivity contribution < 1.29 is 28.9 Å². The normalized spacial score (nSPS) is 23.9. The van der Waals surface area contributed by atoms with E-state index in [1.807, 2.05) is 25.1 Å². The number of rotatable bonds is 11. The zero-order valence-electron chi connectivity index (χ0n) is 37.4. The first kappa shape index (κ1) is 41.9. The number of piperidine rings is 2. The molecule has 2 spiro atoms. The number of carbonyl (C=O) groups excluding carboxylic acids is 2. The monoisotopic (exact) mass is 849 g/mol. The maximum atomic E-state index is 13.6. The standard InChI is InChI=1S/C54H63N3O6/c1-35(2)10-19-48(36(3)58)57-32-46-44(52(57)60)17-18-47-51(46)62-34-53(47)20-24-55(25-21-53)31-37-30-54(63-33-37)22-26-56(27-23-54)40-12-15-45(49(29-40)61-4)50-42(38-8-6-5-7-9-38)14-11-39-28-41(59)13-16-43(39)50/h5-9,12-13,15-18,28-29,37,42,48,50,59H,1,10-11,14,19-27,30-34H2,2-4H3/t37?,42-,48-,50+/m0/s1. The molecule has 5 heterocycles. The maximum Gasteiger partial charge on any atom is 0.255 e. The number of hydrogen-bond donors (Lipinski definition) is 1. The Balaban J connectivity index is 0.758. The number of carbonyl (C=O) groups is 2. The predicted octanol–water partition coefficient (Wildman–Crippen LogP) is 9.33. The molecule has 4 aromatic carbocycles. The molecule has 1 amide bonds. The molecule has 6 aliphatic rings. The molecule has 330 valence electrons. The number of allylic oxidation sites excluding steroid dienone is 1. The van der Waals surface area contributed by atoms with Crippen molar-refractivity contribution in [2.45, 2.75) is 107 Å². The van der Waals surface area contributed by atoms with Gasteiger partial charge in [0.2, 0.25) is 0 Å². The van der Waals surface area contributed by atoms with Crippen molar-refractivity contribution in [2.75, 3.05) is 57.9 Å². The topological polar surface area (TPSA) is 91.8 Å². The number of phenols is 1. The molecule has 1 N–H and O–H groups in total. The van der Waals surface area contributed by atoms with Crippen molar-refractivity contribution in [3.63, 3.8) is 0 Å². The molecule has 0 bridgehead atoms. The third-order valence-electron chi connectivity index (χ3n) is 15.9. The summed E-state index contributed by atoms with van der Waals surface area (Å²) in [6.07, 6.45) is 8.49. The fourth-order valence-corrected chi connectivity index (χ4v) is 12.4. The van der Waals surface area contributed by atoms with Crippen LogP contribution in [0.3, 0.4) is 0 Å². The van der Waals surface area contributed by atoms with Crippen molar-refractivity contribution in [3.8, 4) is 17.2 Å². The van der Waals surface area contributed by atoms with E-state index in [1.54, 1.807) is 18.9 Å². The molecule has 4 atom stereocenters. The summed E-state index contributed by atoms with van der Waals surface area (Å²) in [6.45, 7) is 14.5. The Labute approximate surface area is 373 Å². The summed E-state index contributed by atoms with van der Waals surface area (Å²) in [5.41, 5.74) is 10.1. The molecule has 5 aliphatic heterocycles. The summed E-state index contributed by atoms with van der Waals surface area (Å²) < 4.78 is 19.4. The van der Waals surface area contributed by atoms with E-state index in [9.17, 15) is 14.7 Å². The highest BCUT2D eigenvalue weighted by atomic mass is 16.5. The van der Waals surface area contributed by atoms with Gasteiger partial charge in [0.05, 0.1) is 38.5 Å². The number of likely N-dealkylation sites (tertiary alicyclic amines) is 1. The van der Waals surface area contributed by atoms with Gasteiger partial charge in [0.25, 0.3) is 5.91 Å². The van der Waals surface area contributed by atoms with Crippen molar-refractivity contribution in [1.82, 2.24) is 9.80 Å². The lowest BCUT2D eigenvalue weighted by molar-refractivity contribution is -0.121. The summed E-state index contributed by atoms with van der Waals surface area (Å²) in [5, 5.41) is 10.4. The minimum Gasteiger partial charge on any atom is -0.508 e. The third-order valence-corrected chi connectivity index (χ3v) is 15.9. The Kier molecular flexibility index (Phi) is 11.2. The number of methoxy groups -OCH3 is 1. The van der Waals surface area contributed by atoms with E-state index in [0.717, 1.165) is 113 Å². The van der Waals surface area contributed by atoms with Crippen molar-refractivity contribution in [2.24, 2.45) is 5.92 Å². The van der Waals surface area contributed by atoms with Gasteiger partial charge in [0, 0.05) is 65.0 Å². The zero-order valence-corrected chi connectivity index (χ0v) is 37.4. The lowest BCUT2D eigenvalue weighted by Crippen LogP contribution is -2.46. The van der Waals surface area contributed by atoms with E-state index in [2.05, 4.69) is 77.0 Å². The van der Waals surface area contributed by atoms with E-state index < -0.39 is 6.04 Å². The Morgan fingerprint density at radius 1 is 0.952 bits per heavy atom. The van der Waals surface area contributed by atoms with Crippen LogP contribution in [-0.4, -0.2) is 91.3 Å². The second kappa shape index (κ2) is 16.8. The minimum atomic E-state index is -0.443. The highest BCUT2D eigenvalue weighted by molar-refractivity contribution is 6.02. The number of hydrogen-bond acceptors (Lipinski definition) is 8. The number of amides is 1. The SMILES string of the molecule is C=C(C)CC[C@@H](C(C)=O)N1Cc2c(ccc3c2OCC32CCN(CC3COC4(CCN(c5ccc([C@H]6c7ccc(O)cc7CC[C@H]6c6ccccc6)c(OC)c5)CC4)C3)CC2)C1=O. The van der Waals surface area contributed by atoms with Crippen LogP contribution in [0.5, 0.6) is 17.2 Å². The summed E-state index contributed by atoms with van der Waals surface area (Å²) in [4.78, 5) is 33.2. The van der Waals surface area contributed by atoms with E-state index >= 15 is 0 Å². The first-order valence-electron chi connectivity index (χ1n) is 23.4. The molecule has 3 saturated heterocycles. The van der Waals surface area contributed by atoms with Gasteiger partial charge < -0.3 is 34.0 Å². The summed E-state index contributed by atoms with van der Waals surface area (Å²) in [5.74, 6) is 3.07. The molecule has 1 unspecified atom stereocenters. The highest BCUT2D eigenvalue weighted by Gasteiger charge is 2.48. The van der Waals surface area contributed by atoms with Crippen LogP contribution in [0.2, 0.25) is 0 Å². The third kappa shape index (κ3) is 7.73. The van der Waals surface area contributed by atoms with Crippen LogP contribution < -0.4 is 14.4 Å². The second-order valence-electron chi connectivity index (χ2n) is 19.8. The fourth-order valence-electron chi connectivity index (χ4n) is 12.4. The fraction of sp³-hybridized carbons (Fsp3) is 0.481. The molecule has 0 radical (unpaired) electrons. The average molecular weight is 850 g/mol. The molecule has 4 aromatic rings. The summed E-state index contributed by atoms with van der Waals surface area (Å²) in [6, 6.07) is 27.3. The van der Waals surface area contributed by atoms with Gasteiger partial charge >= 0.3 is 0 Å². The number of ether oxygens (including phenoxy) is 3. The number of ketones is 1. The first-order valence-corrected chi connectivity index (χ1v) is 23.4. The maximum absolute atomic E-state index is 13.6. The predicted molar refractivity (Wildman–Crippen MR) is 246 cm³/mol. The molecule has 3 fully saturated rings. The zero-order chi connectivity index (χ0) is 43.5. The minimum absolute atomic E-state index is 0.0218. The van der Waals surface area contributed by atoms with Crippen LogP contribution in [-0.2, 0) is 27.9 Å². The van der Waals surface area contributed by atoms with E-state index in [0.29, 0.717) is 42.7 Å². The largest absolute Gasteiger partial charge is 0.508 e. The van der Waals surface area contributed by atoms with Gasteiger partial charge in [-0.05, 0) is 138 Å². The molecule has 9 heteroatoms. The van der Waals surface area contributed by atoms with Gasteiger partial charge in [-0.15, -0.1) is 6.58 Å². The molecule has 0 saturated carbocycles. The molecule has 1 aliphatic carbocycles. The summed E-state index contributed by atoms with van der Waals surface area (Å²) >= 11 is 0. The van der Waals surface area contributed by atoms with Crippen LogP contribution in [0, 0.1) is 5.92 Å². The Morgan fingerprint density at radius 2 is 1.73 bits per heavy atom. The number of phenolic OH excluding ortho intramolecular Hbond substituents is 1. The van der Waals surface area contributed by atoms with Crippen LogP contribution in [0.25, 0.3) is 0 Å². The van der Waals surface area contributed by atoms with Crippen LogP contribution in [0.15, 0.2) is 91.0 Å². The van der Waals surface area contributed by atoms with Gasteiger partial charge in [0.15, 0.2) is 5.78 Å². The van der Waals surface area contributed by atoms with E-state index in [4.69, 9.17) is 14.2 Å². The number of Topliss-reactive ketones (excluding diaryl/α,β-unsaturated/α-hetero) is 1. The molecule has 9 nitrogen and oxygen atoms in total. The molecule has 0 aromatic heterocycles. The van der Waals surface area contributed by atoms with E-state index in [1.165, 1.54) is 33.5 Å². The number of aryl methyl sites for hydroxylation is 1. The number of benzene rings is 4.